The lowest BCUT2D eigenvalue weighted by molar-refractivity contribution is -0.112. The minimum absolute atomic E-state index is 0.0708. The molecule has 1 aromatic rings. The van der Waals surface area contributed by atoms with Gasteiger partial charge in [-0.25, -0.2) is 13.8 Å². The molecule has 0 bridgehead atoms. The van der Waals surface area contributed by atoms with Gasteiger partial charge in [-0.2, -0.15) is 0 Å². The molecular formula is C33H43F2N7O. The number of hydrogen-bond donors (Lipinski definition) is 2. The van der Waals surface area contributed by atoms with Crippen LogP contribution in [0.3, 0.4) is 0 Å². The third-order valence-electron chi connectivity index (χ3n) is 9.35. The van der Waals surface area contributed by atoms with Crippen LogP contribution in [-0.2, 0) is 4.79 Å². The highest BCUT2D eigenvalue weighted by molar-refractivity contribution is 6.08. The number of alkyl halides is 2. The second-order valence-electron chi connectivity index (χ2n) is 12.4. The molecule has 6 rings (SSSR count). The molecule has 5 aliphatic rings. The quantitative estimate of drug-likeness (QED) is 0.498. The first kappa shape index (κ1) is 29.8. The fraction of sp³-hybridized carbons (Fsp3) is 0.545. The van der Waals surface area contributed by atoms with E-state index in [4.69, 9.17) is 0 Å². The summed E-state index contributed by atoms with van der Waals surface area (Å²) in [5.41, 5.74) is 5.65. The van der Waals surface area contributed by atoms with Gasteiger partial charge in [0.05, 0.1) is 11.9 Å². The molecule has 2 N–H and O–H groups in total. The molecule has 0 radical (unpaired) electrons. The zero-order valence-electron chi connectivity index (χ0n) is 25.3. The number of aliphatic imine (C=N–C) groups is 1. The smallest absolute Gasteiger partial charge is 0.256 e. The van der Waals surface area contributed by atoms with Gasteiger partial charge in [0.2, 0.25) is 0 Å². The number of likely N-dealkylation sites (N-methyl/N-ethyl adjacent to an activating group) is 1. The Morgan fingerprint density at radius 1 is 1.12 bits per heavy atom. The summed E-state index contributed by atoms with van der Waals surface area (Å²) >= 11 is 0. The highest BCUT2D eigenvalue weighted by Gasteiger charge is 2.35. The third kappa shape index (κ3) is 6.97. The molecule has 0 saturated carbocycles. The number of nitrogens with one attached hydrogen (secondary N) is 2. The van der Waals surface area contributed by atoms with Gasteiger partial charge in [0.1, 0.15) is 5.82 Å². The number of amides is 1. The van der Waals surface area contributed by atoms with Crippen molar-refractivity contribution < 1.29 is 13.6 Å². The van der Waals surface area contributed by atoms with Crippen molar-refractivity contribution in [1.29, 1.82) is 0 Å². The Bertz CT molecular complexity index is 1350. The number of hydrogen-bond acceptors (Lipinski definition) is 7. The molecule has 43 heavy (non-hydrogen) atoms. The van der Waals surface area contributed by atoms with Crippen LogP contribution in [0.25, 0.3) is 0 Å². The van der Waals surface area contributed by atoms with E-state index in [9.17, 15) is 13.6 Å². The van der Waals surface area contributed by atoms with Gasteiger partial charge < -0.3 is 25.3 Å². The van der Waals surface area contributed by atoms with E-state index in [0.717, 1.165) is 79.2 Å². The van der Waals surface area contributed by atoms with E-state index in [2.05, 4.69) is 67.5 Å². The predicted molar refractivity (Wildman–Crippen MR) is 168 cm³/mol. The minimum Gasteiger partial charge on any atom is -0.354 e. The van der Waals surface area contributed by atoms with Crippen molar-refractivity contribution in [2.45, 2.75) is 44.6 Å². The molecule has 230 valence electrons. The SMILES string of the molecule is CCC1=C(C(=O)Nc2ccc(N3CCN(C)CC3)nc2)C2=CC(C3=CC(CN4CCC(F)(F)CC4)CN=C3)=CCC2NC1. The van der Waals surface area contributed by atoms with E-state index in [0.29, 0.717) is 31.9 Å². The molecule has 0 aromatic carbocycles. The lowest BCUT2D eigenvalue weighted by Gasteiger charge is -2.34. The molecule has 1 amide bonds. The van der Waals surface area contributed by atoms with Gasteiger partial charge in [-0.05, 0) is 60.4 Å². The Balaban J connectivity index is 1.16. The van der Waals surface area contributed by atoms with E-state index < -0.39 is 5.92 Å². The van der Waals surface area contributed by atoms with Crippen LogP contribution in [-0.4, -0.2) is 105 Å². The maximum absolute atomic E-state index is 13.8. The first-order valence-electron chi connectivity index (χ1n) is 15.7. The van der Waals surface area contributed by atoms with E-state index in [1.807, 2.05) is 18.3 Å². The number of halogens is 2. The average molecular weight is 592 g/mol. The Morgan fingerprint density at radius 2 is 1.91 bits per heavy atom. The summed E-state index contributed by atoms with van der Waals surface area (Å²) in [5, 5.41) is 6.74. The maximum atomic E-state index is 13.8. The predicted octanol–water partition coefficient (Wildman–Crippen LogP) is 4.06. The van der Waals surface area contributed by atoms with E-state index in [1.165, 1.54) is 0 Å². The number of piperidine rings is 1. The van der Waals surface area contributed by atoms with Crippen LogP contribution in [0.4, 0.5) is 20.3 Å². The van der Waals surface area contributed by atoms with Crippen LogP contribution in [0.1, 0.15) is 32.6 Å². The third-order valence-corrected chi connectivity index (χ3v) is 9.35. The van der Waals surface area contributed by atoms with Crippen LogP contribution >= 0.6 is 0 Å². The second kappa shape index (κ2) is 12.8. The number of dihydropyridines is 1. The Labute approximate surface area is 253 Å². The van der Waals surface area contributed by atoms with Gasteiger partial charge in [0, 0.05) is 95.5 Å². The lowest BCUT2D eigenvalue weighted by atomic mass is 9.81. The van der Waals surface area contributed by atoms with Crippen molar-refractivity contribution in [3.63, 3.8) is 0 Å². The number of aromatic nitrogens is 1. The largest absolute Gasteiger partial charge is 0.354 e. The number of carbonyl (C=O) groups excluding carboxylic acids is 1. The van der Waals surface area contributed by atoms with Crippen LogP contribution in [0.5, 0.6) is 0 Å². The van der Waals surface area contributed by atoms with Gasteiger partial charge in [-0.3, -0.25) is 9.79 Å². The first-order chi connectivity index (χ1) is 20.8. The maximum Gasteiger partial charge on any atom is 0.256 e. The van der Waals surface area contributed by atoms with Gasteiger partial charge in [-0.15, -0.1) is 0 Å². The summed E-state index contributed by atoms with van der Waals surface area (Å²) in [6.07, 6.45) is 11.7. The summed E-state index contributed by atoms with van der Waals surface area (Å²) in [7, 11) is 2.13. The molecule has 2 unspecified atom stereocenters. The first-order valence-corrected chi connectivity index (χ1v) is 15.7. The van der Waals surface area contributed by atoms with Crippen LogP contribution in [0.2, 0.25) is 0 Å². The summed E-state index contributed by atoms with van der Waals surface area (Å²) in [4.78, 5) is 29.8. The van der Waals surface area contributed by atoms with Gasteiger partial charge in [0.15, 0.2) is 0 Å². The number of nitrogens with zero attached hydrogens (tertiary/aromatic N) is 5. The molecule has 1 aliphatic carbocycles. The van der Waals surface area contributed by atoms with Gasteiger partial charge in [0.25, 0.3) is 11.8 Å². The molecule has 1 aromatic heterocycles. The lowest BCUT2D eigenvalue weighted by Crippen LogP contribution is -2.44. The van der Waals surface area contributed by atoms with Crippen molar-refractivity contribution in [1.82, 2.24) is 20.1 Å². The summed E-state index contributed by atoms with van der Waals surface area (Å²) in [6, 6.07) is 4.00. The number of pyridine rings is 1. The molecule has 4 aliphatic heterocycles. The molecular weight excluding hydrogens is 548 g/mol. The van der Waals surface area contributed by atoms with Crippen molar-refractivity contribution >= 4 is 23.6 Å². The number of anilines is 2. The number of likely N-dealkylation sites (tertiary alicyclic amines) is 1. The number of carbonyl (C=O) groups is 1. The van der Waals surface area contributed by atoms with Crippen molar-refractivity contribution in [3.05, 3.63) is 64.4 Å². The Hall–Kier alpha value is -3.21. The van der Waals surface area contributed by atoms with Crippen LogP contribution in [0.15, 0.2) is 69.4 Å². The van der Waals surface area contributed by atoms with Crippen LogP contribution < -0.4 is 15.5 Å². The second-order valence-corrected chi connectivity index (χ2v) is 12.4. The molecule has 10 heteroatoms. The van der Waals surface area contributed by atoms with Crippen molar-refractivity contribution in [3.8, 4) is 0 Å². The monoisotopic (exact) mass is 591 g/mol. The molecule has 2 saturated heterocycles. The van der Waals surface area contributed by atoms with Crippen LogP contribution in [0, 0.1) is 5.92 Å². The van der Waals surface area contributed by atoms with Gasteiger partial charge in [-0.1, -0.05) is 19.1 Å². The Kier molecular flexibility index (Phi) is 8.88. The Morgan fingerprint density at radius 3 is 2.63 bits per heavy atom. The summed E-state index contributed by atoms with van der Waals surface area (Å²) in [6.45, 7) is 8.94. The minimum atomic E-state index is -2.54. The fourth-order valence-electron chi connectivity index (χ4n) is 6.66. The normalized spacial score (nSPS) is 26.4. The molecule has 2 atom stereocenters. The fourth-order valence-corrected chi connectivity index (χ4v) is 6.66. The molecule has 5 heterocycles. The highest BCUT2D eigenvalue weighted by atomic mass is 19.3. The van der Waals surface area contributed by atoms with Crippen molar-refractivity contribution in [2.75, 3.05) is 76.2 Å². The molecule has 2 fully saturated rings. The highest BCUT2D eigenvalue weighted by Crippen LogP contribution is 2.35. The number of rotatable bonds is 7. The van der Waals surface area contributed by atoms with E-state index in [-0.39, 0.29) is 30.7 Å². The molecule has 0 spiro atoms. The number of allylic oxidation sites excluding steroid dienone is 3. The van der Waals surface area contributed by atoms with Crippen molar-refractivity contribution in [2.24, 2.45) is 10.9 Å². The molecule has 8 nitrogen and oxygen atoms in total. The topological polar surface area (TPSA) is 76.1 Å². The zero-order valence-corrected chi connectivity index (χ0v) is 25.3. The zero-order chi connectivity index (χ0) is 30.0. The standard InChI is InChI=1S/C33H43F2N7O/c1-3-24-20-37-29-6-4-25(26-16-23(18-36-19-26)22-41-10-8-33(34,35)9-11-41)17-28(29)31(24)32(43)39-27-5-7-30(38-21-27)42-14-12-40(2)13-15-42/h4-5,7,16-17,19,21,23,29,37H,3,6,8-15,18,20,22H2,1-2H3,(H,39,43). The number of piperazine rings is 1. The number of fused-ring (bicyclic) bond motifs is 1. The average Bonchev–Trinajstić information content (AvgIpc) is 3.02. The summed E-state index contributed by atoms with van der Waals surface area (Å²) in [5.74, 6) is -1.52. The van der Waals surface area contributed by atoms with Gasteiger partial charge >= 0.3 is 0 Å². The van der Waals surface area contributed by atoms with E-state index >= 15 is 0 Å². The summed E-state index contributed by atoms with van der Waals surface area (Å²) < 4.78 is 27.3. The van der Waals surface area contributed by atoms with E-state index in [1.54, 1.807) is 6.20 Å².